The first kappa shape index (κ1) is 41.7. The van der Waals surface area contributed by atoms with Gasteiger partial charge in [0.25, 0.3) is 0 Å². The van der Waals surface area contributed by atoms with Crippen LogP contribution in [-0.2, 0) is 9.53 Å². The van der Waals surface area contributed by atoms with E-state index in [2.05, 4.69) is 57.2 Å². The number of esters is 1. The van der Waals surface area contributed by atoms with Crippen molar-refractivity contribution in [2.45, 2.75) is 207 Å². The van der Waals surface area contributed by atoms with Crippen LogP contribution < -0.4 is 0 Å². The van der Waals surface area contributed by atoms with Gasteiger partial charge in [0.05, 0.1) is 6.61 Å². The predicted molar refractivity (Wildman–Crippen MR) is 193 cm³/mol. The van der Waals surface area contributed by atoms with Gasteiger partial charge in [0, 0.05) is 6.42 Å². The number of unbranched alkanes of at least 4 members (excludes halogenated alkanes) is 22. The van der Waals surface area contributed by atoms with E-state index in [-0.39, 0.29) is 5.97 Å². The van der Waals surface area contributed by atoms with Gasteiger partial charge in [-0.05, 0) is 50.9 Å². The molecule has 0 N–H and O–H groups in total. The van der Waals surface area contributed by atoms with E-state index in [1.807, 2.05) is 0 Å². The lowest BCUT2D eigenvalue weighted by molar-refractivity contribution is -0.143. The van der Waals surface area contributed by atoms with E-state index >= 15 is 0 Å². The maximum atomic E-state index is 11.9. The molecule has 0 aromatic rings. The first-order valence-corrected chi connectivity index (χ1v) is 19.3. The van der Waals surface area contributed by atoms with Gasteiger partial charge in [-0.1, -0.05) is 192 Å². The Kier molecular flexibility index (Phi) is 35.8. The molecule has 0 saturated heterocycles. The zero-order chi connectivity index (χ0) is 31.3. The summed E-state index contributed by atoms with van der Waals surface area (Å²) in [5.74, 6) is 0.888. The lowest BCUT2D eigenvalue weighted by Crippen LogP contribution is -2.05. The normalized spacial score (nSPS) is 12.1. The monoisotopic (exact) mass is 601 g/mol. The molecule has 0 aromatic carbocycles. The van der Waals surface area contributed by atoms with Crippen LogP contribution in [0.25, 0.3) is 0 Å². The van der Waals surface area contributed by atoms with Crippen LogP contribution in [0.5, 0.6) is 0 Å². The molecule has 2 heteroatoms. The molecule has 252 valence electrons. The van der Waals surface area contributed by atoms with Gasteiger partial charge in [0.1, 0.15) is 0 Å². The minimum atomic E-state index is 0.00805. The number of rotatable bonds is 34. The lowest BCUT2D eigenvalue weighted by Gasteiger charge is -2.06. The summed E-state index contributed by atoms with van der Waals surface area (Å²) in [7, 11) is 0. The Hall–Kier alpha value is -1.31. The van der Waals surface area contributed by atoms with Crippen molar-refractivity contribution >= 4 is 5.97 Å². The van der Waals surface area contributed by atoms with E-state index < -0.39 is 0 Å². The number of hydrogen-bond acceptors (Lipinski definition) is 2. The van der Waals surface area contributed by atoms with E-state index in [1.165, 1.54) is 141 Å². The maximum absolute atomic E-state index is 11.9. The molecule has 0 fully saturated rings. The van der Waals surface area contributed by atoms with Crippen molar-refractivity contribution in [3.63, 3.8) is 0 Å². The first-order valence-electron chi connectivity index (χ1n) is 19.3. The number of ether oxygens (including phenoxy) is 1. The topological polar surface area (TPSA) is 26.3 Å². The van der Waals surface area contributed by atoms with E-state index in [0.717, 1.165) is 44.4 Å². The van der Waals surface area contributed by atoms with Crippen molar-refractivity contribution in [2.75, 3.05) is 6.61 Å². The molecule has 2 nitrogen and oxygen atoms in total. The molecule has 0 amide bonds. The summed E-state index contributed by atoms with van der Waals surface area (Å²) in [6.45, 7) is 7.46. The van der Waals surface area contributed by atoms with E-state index in [9.17, 15) is 4.79 Å². The fourth-order valence-corrected chi connectivity index (χ4v) is 5.63. The zero-order valence-electron chi connectivity index (χ0n) is 29.6. The second kappa shape index (κ2) is 36.9. The summed E-state index contributed by atoms with van der Waals surface area (Å²) in [6.07, 6.45) is 50.8. The molecule has 0 saturated carbocycles. The molecule has 0 aliphatic carbocycles. The molecule has 0 spiro atoms. The van der Waals surface area contributed by atoms with E-state index in [0.29, 0.717) is 13.0 Å². The summed E-state index contributed by atoms with van der Waals surface area (Å²) in [5.41, 5.74) is 0. The number of hydrogen-bond donors (Lipinski definition) is 0. The second-order valence-corrected chi connectivity index (χ2v) is 13.4. The van der Waals surface area contributed by atoms with Crippen molar-refractivity contribution in [3.05, 3.63) is 36.5 Å². The molecule has 0 aromatic heterocycles. The van der Waals surface area contributed by atoms with Gasteiger partial charge in [-0.2, -0.15) is 0 Å². The van der Waals surface area contributed by atoms with E-state index in [1.54, 1.807) is 0 Å². The molecular weight excluding hydrogens is 524 g/mol. The highest BCUT2D eigenvalue weighted by molar-refractivity contribution is 5.69. The Labute approximate surface area is 271 Å². The van der Waals surface area contributed by atoms with Gasteiger partial charge in [0.2, 0.25) is 0 Å². The van der Waals surface area contributed by atoms with Crippen molar-refractivity contribution in [1.82, 2.24) is 0 Å². The molecule has 0 atom stereocenters. The summed E-state index contributed by atoms with van der Waals surface area (Å²) < 4.78 is 5.44. The minimum Gasteiger partial charge on any atom is -0.466 e. The minimum absolute atomic E-state index is 0.00805. The van der Waals surface area contributed by atoms with Crippen LogP contribution in [0.15, 0.2) is 36.5 Å². The third kappa shape index (κ3) is 38.7. The molecule has 0 unspecified atom stereocenters. The molecule has 0 aliphatic rings. The SMILES string of the molecule is CC/C=C\C/C=C\C/C=C\CCCCCCCC(=O)OCCCCCCCCCCCCCCCCCCCCC(C)C. The Morgan fingerprint density at radius 1 is 0.488 bits per heavy atom. The van der Waals surface area contributed by atoms with Crippen LogP contribution in [0.4, 0.5) is 0 Å². The largest absolute Gasteiger partial charge is 0.466 e. The van der Waals surface area contributed by atoms with Crippen LogP contribution in [0.3, 0.4) is 0 Å². The summed E-state index contributed by atoms with van der Waals surface area (Å²) in [6, 6.07) is 0. The predicted octanol–water partition coefficient (Wildman–Crippen LogP) is 14.2. The average molecular weight is 601 g/mol. The summed E-state index contributed by atoms with van der Waals surface area (Å²) in [4.78, 5) is 11.9. The molecular formula is C41H76O2. The zero-order valence-corrected chi connectivity index (χ0v) is 29.6. The van der Waals surface area contributed by atoms with Crippen LogP contribution in [0.1, 0.15) is 207 Å². The van der Waals surface area contributed by atoms with Crippen molar-refractivity contribution in [1.29, 1.82) is 0 Å². The third-order valence-corrected chi connectivity index (χ3v) is 8.47. The van der Waals surface area contributed by atoms with Crippen molar-refractivity contribution in [2.24, 2.45) is 5.92 Å². The van der Waals surface area contributed by atoms with Gasteiger partial charge in [-0.15, -0.1) is 0 Å². The maximum Gasteiger partial charge on any atom is 0.305 e. The van der Waals surface area contributed by atoms with Gasteiger partial charge in [0.15, 0.2) is 0 Å². The second-order valence-electron chi connectivity index (χ2n) is 13.4. The highest BCUT2D eigenvalue weighted by Gasteiger charge is 2.02. The number of allylic oxidation sites excluding steroid dienone is 6. The van der Waals surface area contributed by atoms with Gasteiger partial charge >= 0.3 is 5.97 Å². The van der Waals surface area contributed by atoms with Crippen molar-refractivity contribution < 1.29 is 9.53 Å². The summed E-state index contributed by atoms with van der Waals surface area (Å²) in [5, 5.41) is 0. The van der Waals surface area contributed by atoms with Crippen LogP contribution in [-0.4, -0.2) is 12.6 Å². The molecule has 43 heavy (non-hydrogen) atoms. The molecule has 0 heterocycles. The average Bonchev–Trinajstić information content (AvgIpc) is 2.99. The molecule has 0 bridgehead atoms. The van der Waals surface area contributed by atoms with Gasteiger partial charge in [-0.3, -0.25) is 4.79 Å². The number of carbonyl (C=O) groups is 1. The fourth-order valence-electron chi connectivity index (χ4n) is 5.63. The highest BCUT2D eigenvalue weighted by Crippen LogP contribution is 2.16. The number of carbonyl (C=O) groups excluding carboxylic acids is 1. The highest BCUT2D eigenvalue weighted by atomic mass is 16.5. The van der Waals surface area contributed by atoms with Gasteiger partial charge in [-0.25, -0.2) is 0 Å². The van der Waals surface area contributed by atoms with Gasteiger partial charge < -0.3 is 4.74 Å². The first-order chi connectivity index (χ1) is 21.2. The Balaban J connectivity index is 3.21. The molecule has 0 rings (SSSR count). The van der Waals surface area contributed by atoms with Crippen molar-refractivity contribution in [3.8, 4) is 0 Å². The Morgan fingerprint density at radius 3 is 1.37 bits per heavy atom. The van der Waals surface area contributed by atoms with Crippen LogP contribution in [0.2, 0.25) is 0 Å². The summed E-state index contributed by atoms with van der Waals surface area (Å²) >= 11 is 0. The van der Waals surface area contributed by atoms with E-state index in [4.69, 9.17) is 4.74 Å². The fraction of sp³-hybridized carbons (Fsp3) is 0.829. The third-order valence-electron chi connectivity index (χ3n) is 8.47. The van der Waals surface area contributed by atoms with Crippen LogP contribution in [0, 0.1) is 5.92 Å². The lowest BCUT2D eigenvalue weighted by atomic mass is 10.0. The van der Waals surface area contributed by atoms with Crippen LogP contribution >= 0.6 is 0 Å². The Morgan fingerprint density at radius 2 is 0.884 bits per heavy atom. The smallest absolute Gasteiger partial charge is 0.305 e. The Bertz CT molecular complexity index is 630. The molecule has 0 aliphatic heterocycles. The standard InChI is InChI=1S/C41H76O2/c1-4-5-6-7-8-9-10-11-16-20-23-26-29-32-35-38-41(42)43-39-36-33-30-27-24-21-18-15-13-12-14-17-19-22-25-28-31-34-37-40(2)3/h5-6,8-9,11,16,40H,4,7,10,12-15,17-39H2,1-3H3/b6-5-,9-8-,16-11-. The quantitative estimate of drug-likeness (QED) is 0.0417. The molecule has 0 radical (unpaired) electrons.